The molecular weight excluding hydrogens is 268 g/mol. The van der Waals surface area contributed by atoms with E-state index in [0.717, 1.165) is 0 Å². The molecule has 0 spiro atoms. The molecule has 0 bridgehead atoms. The van der Waals surface area contributed by atoms with Gasteiger partial charge < -0.3 is 10.0 Å². The summed E-state index contributed by atoms with van der Waals surface area (Å²) in [6.07, 6.45) is 4.74. The summed E-state index contributed by atoms with van der Waals surface area (Å²) in [6.45, 7) is 7.45. The molecule has 1 N–H and O–H groups in total. The molecule has 110 valence electrons. The van der Waals surface area contributed by atoms with E-state index in [-0.39, 0.29) is 11.9 Å². The van der Waals surface area contributed by atoms with E-state index in [9.17, 15) is 14.7 Å². The second-order valence-corrected chi connectivity index (χ2v) is 5.03. The first-order valence-corrected chi connectivity index (χ1v) is 6.75. The van der Waals surface area contributed by atoms with Crippen molar-refractivity contribution in [3.63, 3.8) is 0 Å². The van der Waals surface area contributed by atoms with E-state index < -0.39 is 6.10 Å². The highest BCUT2D eigenvalue weighted by molar-refractivity contribution is 6.00. The molecule has 1 aliphatic heterocycles. The number of fused-ring (bicyclic) bond motifs is 1. The maximum absolute atomic E-state index is 12.5. The van der Waals surface area contributed by atoms with Gasteiger partial charge in [-0.2, -0.15) is 0 Å². The first-order chi connectivity index (χ1) is 10.0. The minimum absolute atomic E-state index is 0.154. The van der Waals surface area contributed by atoms with Gasteiger partial charge in [0.25, 0.3) is 5.91 Å². The van der Waals surface area contributed by atoms with E-state index in [1.54, 1.807) is 30.0 Å². The lowest BCUT2D eigenvalue weighted by atomic mass is 10.0. The van der Waals surface area contributed by atoms with Crippen LogP contribution >= 0.6 is 0 Å². The number of rotatable bonds is 5. The molecule has 0 saturated carbocycles. The summed E-state index contributed by atoms with van der Waals surface area (Å²) in [4.78, 5) is 29.1. The second kappa shape index (κ2) is 6.01. The highest BCUT2D eigenvalue weighted by Crippen LogP contribution is 2.28. The number of carbonyl (C=O) groups is 2. The Bertz CT molecular complexity index is 620. The average molecular weight is 286 g/mol. The van der Waals surface area contributed by atoms with Gasteiger partial charge in [0.05, 0.1) is 12.1 Å². The molecule has 1 aromatic heterocycles. The first-order valence-electron chi connectivity index (χ1n) is 6.75. The molecule has 2 atom stereocenters. The van der Waals surface area contributed by atoms with Crippen molar-refractivity contribution in [3.05, 3.63) is 53.4 Å². The van der Waals surface area contributed by atoms with Gasteiger partial charge in [0.1, 0.15) is 5.69 Å². The van der Waals surface area contributed by atoms with Crippen LogP contribution in [0.15, 0.2) is 36.6 Å². The van der Waals surface area contributed by atoms with Crippen molar-refractivity contribution >= 4 is 12.2 Å². The Morgan fingerprint density at radius 3 is 2.81 bits per heavy atom. The molecule has 2 rings (SSSR count). The molecule has 5 heteroatoms. The number of hydrogen-bond acceptors (Lipinski definition) is 4. The number of aliphatic hydroxyl groups is 1. The molecule has 0 aromatic carbocycles. The second-order valence-electron chi connectivity index (χ2n) is 5.03. The van der Waals surface area contributed by atoms with E-state index in [1.165, 1.54) is 6.20 Å². The lowest BCUT2D eigenvalue weighted by Crippen LogP contribution is -2.37. The Labute approximate surface area is 123 Å². The normalized spacial score (nSPS) is 17.4. The molecule has 1 amide bonds. The number of allylic oxidation sites excluding steroid dienone is 2. The molecule has 21 heavy (non-hydrogen) atoms. The molecule has 2 unspecified atom stereocenters. The molecule has 0 fully saturated rings. The summed E-state index contributed by atoms with van der Waals surface area (Å²) in [6, 6.07) is 1.33. The van der Waals surface area contributed by atoms with Crippen molar-refractivity contribution in [1.29, 1.82) is 0 Å². The summed E-state index contributed by atoms with van der Waals surface area (Å²) in [5, 5.41) is 9.86. The number of nitrogens with zero attached hydrogens (tertiary/aromatic N) is 2. The van der Waals surface area contributed by atoms with Gasteiger partial charge in [-0.25, -0.2) is 0 Å². The first kappa shape index (κ1) is 15.1. The molecule has 1 aromatic rings. The molecule has 0 saturated heterocycles. The topological polar surface area (TPSA) is 70.5 Å². The number of aliphatic hydroxyl groups excluding tert-OH is 1. The molecule has 0 aliphatic carbocycles. The molecular formula is C16H18N2O3. The largest absolute Gasteiger partial charge is 0.389 e. The fourth-order valence-corrected chi connectivity index (χ4v) is 2.63. The van der Waals surface area contributed by atoms with Crippen LogP contribution in [-0.2, 0) is 6.54 Å². The average Bonchev–Trinajstić information content (AvgIpc) is 2.81. The number of carbonyl (C=O) groups excluding carboxylic acids is 2. The number of aldehydes is 1. The lowest BCUT2D eigenvalue weighted by Gasteiger charge is -2.28. The maximum Gasteiger partial charge on any atom is 0.255 e. The summed E-state index contributed by atoms with van der Waals surface area (Å²) in [7, 11) is 0. The van der Waals surface area contributed by atoms with E-state index in [2.05, 4.69) is 11.6 Å². The zero-order valence-electron chi connectivity index (χ0n) is 12.1. The van der Waals surface area contributed by atoms with Crippen LogP contribution in [0.1, 0.15) is 40.3 Å². The van der Waals surface area contributed by atoms with Crippen molar-refractivity contribution in [2.45, 2.75) is 32.5 Å². The maximum atomic E-state index is 12.5. The number of amides is 1. The van der Waals surface area contributed by atoms with Gasteiger partial charge in [-0.05, 0) is 25.5 Å². The lowest BCUT2D eigenvalue weighted by molar-refractivity contribution is 0.0722. The van der Waals surface area contributed by atoms with Gasteiger partial charge in [-0.3, -0.25) is 14.6 Å². The van der Waals surface area contributed by atoms with Crippen molar-refractivity contribution in [3.8, 4) is 0 Å². The molecule has 0 radical (unpaired) electrons. The van der Waals surface area contributed by atoms with Gasteiger partial charge in [-0.15, -0.1) is 0 Å². The van der Waals surface area contributed by atoms with Gasteiger partial charge in [0.2, 0.25) is 0 Å². The fourth-order valence-electron chi connectivity index (χ4n) is 2.63. The van der Waals surface area contributed by atoms with E-state index in [4.69, 9.17) is 0 Å². The predicted octanol–water partition coefficient (Wildman–Crippen LogP) is 1.73. The summed E-state index contributed by atoms with van der Waals surface area (Å²) in [5.74, 6) is -0.154. The van der Waals surface area contributed by atoms with Crippen LogP contribution in [0.25, 0.3) is 0 Å². The molecule has 2 heterocycles. The SMILES string of the molecule is C=C/C=C(\C(C)O)C(C)N1Cc2c(ccnc2C=O)C1=O. The Balaban J connectivity index is 2.37. The Morgan fingerprint density at radius 1 is 1.52 bits per heavy atom. The highest BCUT2D eigenvalue weighted by Gasteiger charge is 2.34. The van der Waals surface area contributed by atoms with E-state index >= 15 is 0 Å². The third-order valence-corrected chi connectivity index (χ3v) is 3.76. The number of pyridine rings is 1. The zero-order valence-corrected chi connectivity index (χ0v) is 12.1. The zero-order chi connectivity index (χ0) is 15.6. The highest BCUT2D eigenvalue weighted by atomic mass is 16.3. The third kappa shape index (κ3) is 2.64. The van der Waals surface area contributed by atoms with Crippen molar-refractivity contribution in [2.75, 3.05) is 0 Å². The van der Waals surface area contributed by atoms with Crippen molar-refractivity contribution < 1.29 is 14.7 Å². The smallest absolute Gasteiger partial charge is 0.255 e. The minimum atomic E-state index is -0.682. The number of aromatic nitrogens is 1. The minimum Gasteiger partial charge on any atom is -0.389 e. The Kier molecular flexibility index (Phi) is 4.33. The van der Waals surface area contributed by atoms with Gasteiger partial charge >= 0.3 is 0 Å². The van der Waals surface area contributed by atoms with E-state index in [1.807, 2.05) is 6.92 Å². The predicted molar refractivity (Wildman–Crippen MR) is 78.9 cm³/mol. The van der Waals surface area contributed by atoms with Crippen LogP contribution in [0.5, 0.6) is 0 Å². The standard InChI is InChI=1S/C16H18N2O3/c1-4-5-12(11(3)20)10(2)18-8-14-13(16(18)21)6-7-17-15(14)9-19/h4-7,9-11,20H,1,8H2,2-3H3/b12-5-. The molecule has 1 aliphatic rings. The van der Waals surface area contributed by atoms with Crippen LogP contribution in [0.4, 0.5) is 0 Å². The van der Waals surface area contributed by atoms with Crippen LogP contribution in [0.2, 0.25) is 0 Å². The van der Waals surface area contributed by atoms with Crippen LogP contribution in [0, 0.1) is 0 Å². The van der Waals surface area contributed by atoms with Gasteiger partial charge in [-0.1, -0.05) is 18.7 Å². The summed E-state index contributed by atoms with van der Waals surface area (Å²) < 4.78 is 0. The van der Waals surface area contributed by atoms with Crippen molar-refractivity contribution in [1.82, 2.24) is 9.88 Å². The van der Waals surface area contributed by atoms with Crippen LogP contribution < -0.4 is 0 Å². The fraction of sp³-hybridized carbons (Fsp3) is 0.312. The monoisotopic (exact) mass is 286 g/mol. The molecule has 5 nitrogen and oxygen atoms in total. The Morgan fingerprint density at radius 2 is 2.24 bits per heavy atom. The van der Waals surface area contributed by atoms with E-state index in [0.29, 0.717) is 35.2 Å². The summed E-state index contributed by atoms with van der Waals surface area (Å²) >= 11 is 0. The Hall–Kier alpha value is -2.27. The van der Waals surface area contributed by atoms with Crippen molar-refractivity contribution in [2.24, 2.45) is 0 Å². The van der Waals surface area contributed by atoms with Gasteiger partial charge in [0, 0.05) is 23.9 Å². The van der Waals surface area contributed by atoms with Crippen LogP contribution in [0.3, 0.4) is 0 Å². The summed E-state index contributed by atoms with van der Waals surface area (Å²) in [5.41, 5.74) is 2.14. The third-order valence-electron chi connectivity index (χ3n) is 3.76. The van der Waals surface area contributed by atoms with Crippen LogP contribution in [-0.4, -0.2) is 39.3 Å². The number of hydrogen-bond donors (Lipinski definition) is 1. The quantitative estimate of drug-likeness (QED) is 0.661. The van der Waals surface area contributed by atoms with Gasteiger partial charge in [0.15, 0.2) is 6.29 Å².